The molecule has 11 nitrogen and oxygen atoms in total. The maximum Gasteiger partial charge on any atom is 0.241 e. The number of fused-ring (bicyclic) bond motifs is 1. The second kappa shape index (κ2) is 6.78. The number of aromatic nitrogens is 9. The van der Waals surface area contributed by atoms with Gasteiger partial charge in [0.25, 0.3) is 0 Å². The Morgan fingerprint density at radius 1 is 1.07 bits per heavy atom. The van der Waals surface area contributed by atoms with E-state index in [2.05, 4.69) is 35.5 Å². The van der Waals surface area contributed by atoms with Crippen molar-refractivity contribution in [1.29, 1.82) is 0 Å². The summed E-state index contributed by atoms with van der Waals surface area (Å²) >= 11 is 0. The molecule has 0 amide bonds. The lowest BCUT2D eigenvalue weighted by Crippen LogP contribution is -2.06. The lowest BCUT2D eigenvalue weighted by molar-refractivity contribution is 0.280. The van der Waals surface area contributed by atoms with Gasteiger partial charge in [0.15, 0.2) is 23.8 Å². The number of hydrogen-bond donors (Lipinski definition) is 0. The van der Waals surface area contributed by atoms with E-state index in [1.807, 2.05) is 24.3 Å². The number of aryl methyl sites for hydroxylation is 2. The van der Waals surface area contributed by atoms with Gasteiger partial charge in [-0.25, -0.2) is 4.98 Å². The average Bonchev–Trinajstić information content (AvgIpc) is 3.45. The van der Waals surface area contributed by atoms with Gasteiger partial charge in [-0.05, 0) is 25.1 Å². The third-order valence-electron chi connectivity index (χ3n) is 4.14. The van der Waals surface area contributed by atoms with Gasteiger partial charge < -0.3 is 9.26 Å². The molecule has 0 fully saturated rings. The molecular weight excluding hydrogens is 374 g/mol. The first kappa shape index (κ1) is 17.0. The van der Waals surface area contributed by atoms with Crippen molar-refractivity contribution in [3.8, 4) is 28.7 Å². The van der Waals surface area contributed by atoms with Gasteiger partial charge in [-0.1, -0.05) is 11.2 Å². The van der Waals surface area contributed by atoms with Crippen LogP contribution in [0.5, 0.6) is 5.88 Å². The highest BCUT2D eigenvalue weighted by molar-refractivity contribution is 5.69. The summed E-state index contributed by atoms with van der Waals surface area (Å²) in [5.74, 6) is 2.01. The fourth-order valence-corrected chi connectivity index (χ4v) is 2.84. The molecular formula is C18H15N9O2. The fourth-order valence-electron chi connectivity index (χ4n) is 2.84. The molecule has 0 unspecified atom stereocenters. The highest BCUT2D eigenvalue weighted by Crippen LogP contribution is 2.29. The van der Waals surface area contributed by atoms with E-state index in [0.29, 0.717) is 45.9 Å². The van der Waals surface area contributed by atoms with Crippen molar-refractivity contribution < 1.29 is 9.26 Å². The zero-order valence-electron chi connectivity index (χ0n) is 15.6. The Balaban J connectivity index is 1.61. The molecule has 5 rings (SSSR count). The van der Waals surface area contributed by atoms with E-state index in [4.69, 9.17) is 9.26 Å². The molecule has 0 radical (unpaired) electrons. The van der Waals surface area contributed by atoms with Gasteiger partial charge in [0, 0.05) is 19.3 Å². The second-order valence-corrected chi connectivity index (χ2v) is 6.32. The Hall–Kier alpha value is -4.15. The van der Waals surface area contributed by atoms with Gasteiger partial charge in [-0.2, -0.15) is 9.61 Å². The summed E-state index contributed by atoms with van der Waals surface area (Å²) < 4.78 is 14.3. The Kier molecular flexibility index (Phi) is 3.97. The van der Waals surface area contributed by atoms with E-state index in [1.54, 1.807) is 41.8 Å². The van der Waals surface area contributed by atoms with E-state index in [9.17, 15) is 0 Å². The summed E-state index contributed by atoms with van der Waals surface area (Å²) in [5, 5.41) is 21.2. The van der Waals surface area contributed by atoms with Gasteiger partial charge in [0.1, 0.15) is 12.1 Å². The van der Waals surface area contributed by atoms with Crippen molar-refractivity contribution in [1.82, 2.24) is 44.7 Å². The molecule has 0 spiro atoms. The SMILES string of the molecule is Cc1cc(-c2nnc3cc(-c4ccccn4)c(OCc4ncn(C)n4)nn23)no1. The molecule has 0 aromatic carbocycles. The molecule has 144 valence electrons. The highest BCUT2D eigenvalue weighted by Gasteiger charge is 2.19. The number of nitrogens with zero attached hydrogens (tertiary/aromatic N) is 9. The van der Waals surface area contributed by atoms with Crippen LogP contribution in [-0.2, 0) is 13.7 Å². The first-order valence-electron chi connectivity index (χ1n) is 8.76. The molecule has 0 saturated heterocycles. The smallest absolute Gasteiger partial charge is 0.241 e. The Labute approximate surface area is 164 Å². The zero-order valence-corrected chi connectivity index (χ0v) is 15.6. The van der Waals surface area contributed by atoms with E-state index >= 15 is 0 Å². The number of pyridine rings is 1. The van der Waals surface area contributed by atoms with Crippen molar-refractivity contribution in [2.45, 2.75) is 13.5 Å². The first-order valence-corrected chi connectivity index (χ1v) is 8.76. The van der Waals surface area contributed by atoms with Crippen molar-refractivity contribution in [3.63, 3.8) is 0 Å². The van der Waals surface area contributed by atoms with Gasteiger partial charge in [-0.3, -0.25) is 9.67 Å². The molecule has 0 N–H and O–H groups in total. The minimum Gasteiger partial charge on any atom is -0.468 e. The number of hydrogen-bond acceptors (Lipinski definition) is 9. The molecule has 0 bridgehead atoms. The highest BCUT2D eigenvalue weighted by atomic mass is 16.5. The largest absolute Gasteiger partial charge is 0.468 e. The number of ether oxygens (including phenoxy) is 1. The fraction of sp³-hybridized carbons (Fsp3) is 0.167. The maximum absolute atomic E-state index is 5.95. The summed E-state index contributed by atoms with van der Waals surface area (Å²) in [4.78, 5) is 8.59. The minimum atomic E-state index is 0.152. The first-order chi connectivity index (χ1) is 14.2. The van der Waals surface area contributed by atoms with Crippen LogP contribution in [0.2, 0.25) is 0 Å². The Morgan fingerprint density at radius 2 is 2.00 bits per heavy atom. The van der Waals surface area contributed by atoms with Crippen LogP contribution in [0.15, 0.2) is 47.4 Å². The lowest BCUT2D eigenvalue weighted by atomic mass is 10.2. The normalized spacial score (nSPS) is 11.2. The molecule has 5 heterocycles. The topological polar surface area (TPSA) is 122 Å². The van der Waals surface area contributed by atoms with Crippen LogP contribution in [0.3, 0.4) is 0 Å². The van der Waals surface area contributed by atoms with Crippen LogP contribution < -0.4 is 4.74 Å². The molecule has 0 aliphatic rings. The summed E-state index contributed by atoms with van der Waals surface area (Å²) in [6.45, 7) is 1.96. The van der Waals surface area contributed by atoms with E-state index < -0.39 is 0 Å². The monoisotopic (exact) mass is 389 g/mol. The molecule has 0 saturated carbocycles. The van der Waals surface area contributed by atoms with Crippen LogP contribution in [0.4, 0.5) is 0 Å². The third kappa shape index (κ3) is 3.18. The summed E-state index contributed by atoms with van der Waals surface area (Å²) in [6, 6.07) is 9.20. The quantitative estimate of drug-likeness (QED) is 0.443. The van der Waals surface area contributed by atoms with E-state index in [0.717, 1.165) is 0 Å². The van der Waals surface area contributed by atoms with Crippen molar-refractivity contribution in [3.05, 3.63) is 54.4 Å². The van der Waals surface area contributed by atoms with Crippen molar-refractivity contribution >= 4 is 5.65 Å². The van der Waals surface area contributed by atoms with Gasteiger partial charge in [0.05, 0.1) is 11.3 Å². The molecule has 29 heavy (non-hydrogen) atoms. The van der Waals surface area contributed by atoms with Gasteiger partial charge >= 0.3 is 0 Å². The molecule has 0 atom stereocenters. The van der Waals surface area contributed by atoms with Crippen LogP contribution in [0, 0.1) is 6.92 Å². The molecule has 5 aromatic heterocycles. The van der Waals surface area contributed by atoms with E-state index in [-0.39, 0.29) is 6.61 Å². The minimum absolute atomic E-state index is 0.152. The zero-order chi connectivity index (χ0) is 19.8. The third-order valence-corrected chi connectivity index (χ3v) is 4.14. The standard InChI is InChI=1S/C18H15N9O2/c1-11-7-14(25-29-11)17-22-21-16-8-12(13-5-3-4-6-19-13)18(24-27(16)17)28-9-15-20-10-26(2)23-15/h3-8,10H,9H2,1-2H3. The van der Waals surface area contributed by atoms with Crippen LogP contribution >= 0.6 is 0 Å². The van der Waals surface area contributed by atoms with Crippen molar-refractivity contribution in [2.75, 3.05) is 0 Å². The van der Waals surface area contributed by atoms with Crippen molar-refractivity contribution in [2.24, 2.45) is 7.05 Å². The molecule has 5 aromatic rings. The van der Waals surface area contributed by atoms with E-state index in [1.165, 1.54) is 0 Å². The molecule has 0 aliphatic heterocycles. The summed E-state index contributed by atoms with van der Waals surface area (Å²) in [7, 11) is 1.80. The van der Waals surface area contributed by atoms with Gasteiger partial charge in [0.2, 0.25) is 11.7 Å². The lowest BCUT2D eigenvalue weighted by Gasteiger charge is -2.09. The molecule has 11 heteroatoms. The maximum atomic E-state index is 5.95. The Morgan fingerprint density at radius 3 is 2.72 bits per heavy atom. The van der Waals surface area contributed by atoms with Crippen LogP contribution in [0.25, 0.3) is 28.4 Å². The predicted octanol–water partition coefficient (Wildman–Crippen LogP) is 1.86. The van der Waals surface area contributed by atoms with Gasteiger partial charge in [-0.15, -0.1) is 15.3 Å². The van der Waals surface area contributed by atoms with Crippen LogP contribution in [-0.4, -0.2) is 44.7 Å². The summed E-state index contributed by atoms with van der Waals surface area (Å²) in [5.41, 5.74) is 2.45. The predicted molar refractivity (Wildman–Crippen MR) is 99.6 cm³/mol. The second-order valence-electron chi connectivity index (χ2n) is 6.32. The average molecular weight is 389 g/mol. The number of rotatable bonds is 5. The molecule has 0 aliphatic carbocycles. The summed E-state index contributed by atoms with van der Waals surface area (Å²) in [6.07, 6.45) is 3.32. The Bertz CT molecular complexity index is 1290. The van der Waals surface area contributed by atoms with Crippen LogP contribution in [0.1, 0.15) is 11.6 Å².